The second kappa shape index (κ2) is 12.5. The number of hydrogen-bond acceptors (Lipinski definition) is 6. The lowest BCUT2D eigenvalue weighted by molar-refractivity contribution is -0.136. The van der Waals surface area contributed by atoms with E-state index in [1.54, 1.807) is 11.0 Å². The number of rotatable bonds is 13. The summed E-state index contributed by atoms with van der Waals surface area (Å²) in [5.74, 6) is -0.819. The Morgan fingerprint density at radius 2 is 1.87 bits per heavy atom. The Morgan fingerprint density at radius 3 is 2.48 bits per heavy atom. The van der Waals surface area contributed by atoms with Gasteiger partial charge in [-0.2, -0.15) is 26.3 Å². The number of aromatic nitrogens is 2. The van der Waals surface area contributed by atoms with Crippen LogP contribution in [0.15, 0.2) is 65.9 Å². The Balaban J connectivity index is 1.56. The van der Waals surface area contributed by atoms with Crippen molar-refractivity contribution in [3.05, 3.63) is 84.0 Å². The maximum atomic E-state index is 14.7. The fourth-order valence-corrected chi connectivity index (χ4v) is 6.91. The molecule has 15 heteroatoms. The molecule has 1 saturated carbocycles. The van der Waals surface area contributed by atoms with Crippen molar-refractivity contribution in [2.24, 2.45) is 0 Å². The van der Waals surface area contributed by atoms with Gasteiger partial charge in [0, 0.05) is 34.9 Å². The third kappa shape index (κ3) is 6.64. The van der Waals surface area contributed by atoms with Crippen molar-refractivity contribution in [2.75, 3.05) is 4.72 Å². The van der Waals surface area contributed by atoms with Crippen LogP contribution in [0.5, 0.6) is 0 Å². The minimum absolute atomic E-state index is 0.0404. The molecule has 8 nitrogen and oxygen atoms in total. The summed E-state index contributed by atoms with van der Waals surface area (Å²) >= 11 is 0. The fourth-order valence-electron chi connectivity index (χ4n) is 5.70. The van der Waals surface area contributed by atoms with E-state index in [1.807, 2.05) is 6.92 Å². The number of nitrogens with zero attached hydrogens (tertiary/aromatic N) is 1. The lowest BCUT2D eigenvalue weighted by Gasteiger charge is -2.24. The van der Waals surface area contributed by atoms with Gasteiger partial charge in [-0.25, -0.2) is 13.4 Å². The van der Waals surface area contributed by atoms with Crippen LogP contribution >= 0.6 is 0 Å². The Labute approximate surface area is 259 Å². The molecule has 0 spiro atoms. The minimum Gasteiger partial charge on any atom is -0.464 e. The van der Waals surface area contributed by atoms with Gasteiger partial charge in [0.25, 0.3) is 6.47 Å². The van der Waals surface area contributed by atoms with Gasteiger partial charge >= 0.3 is 12.4 Å². The van der Waals surface area contributed by atoms with Gasteiger partial charge in [0.05, 0.1) is 17.7 Å². The van der Waals surface area contributed by atoms with E-state index in [0.717, 1.165) is 36.4 Å². The van der Waals surface area contributed by atoms with Crippen molar-refractivity contribution in [3.8, 4) is 11.3 Å². The number of benzene rings is 2. The lowest BCUT2D eigenvalue weighted by atomic mass is 9.88. The topological polar surface area (TPSA) is 114 Å². The summed E-state index contributed by atoms with van der Waals surface area (Å²) in [6.07, 6.45) is -6.72. The Kier molecular flexibility index (Phi) is 8.99. The summed E-state index contributed by atoms with van der Waals surface area (Å²) in [7, 11) is -5.22. The van der Waals surface area contributed by atoms with Gasteiger partial charge in [-0.1, -0.05) is 31.2 Å². The monoisotopic (exact) mass is 669 g/mol. The highest BCUT2D eigenvalue weighted by atomic mass is 32.2. The van der Waals surface area contributed by atoms with Gasteiger partial charge in [0.1, 0.15) is 23.0 Å². The molecule has 0 amide bonds. The zero-order chi connectivity index (χ0) is 33.4. The maximum absolute atomic E-state index is 14.7. The number of H-pyrrole nitrogens is 1. The number of alkyl halides is 6. The number of hydrogen-bond donors (Lipinski definition) is 2. The molecule has 3 atom stereocenters. The number of fused-ring (bicyclic) bond motifs is 1. The molecule has 0 saturated heterocycles. The third-order valence-corrected chi connectivity index (χ3v) is 9.56. The van der Waals surface area contributed by atoms with E-state index >= 15 is 0 Å². The second-order valence-electron chi connectivity index (χ2n) is 11.0. The van der Waals surface area contributed by atoms with E-state index in [1.165, 1.54) is 30.3 Å². The van der Waals surface area contributed by atoms with Crippen LogP contribution in [-0.2, 0) is 32.2 Å². The molecule has 5 rings (SSSR count). The van der Waals surface area contributed by atoms with E-state index in [4.69, 9.17) is 9.15 Å². The average Bonchev–Trinajstić information content (AvgIpc) is 3.56. The van der Waals surface area contributed by atoms with Crippen LogP contribution in [0.1, 0.15) is 60.5 Å². The van der Waals surface area contributed by atoms with Crippen molar-refractivity contribution in [1.29, 1.82) is 0 Å². The molecule has 2 N–H and O–H groups in total. The number of aromatic amines is 1. The number of carbonyl (C=O) groups is 1. The molecule has 46 heavy (non-hydrogen) atoms. The van der Waals surface area contributed by atoms with E-state index in [9.17, 15) is 39.6 Å². The quantitative estimate of drug-likeness (QED) is 0.0852. The lowest BCUT2D eigenvalue weighted by Crippen LogP contribution is -2.38. The number of ether oxygens (including phenoxy) is 1. The molecule has 2 aromatic heterocycles. The first-order valence-electron chi connectivity index (χ1n) is 14.2. The van der Waals surface area contributed by atoms with Crippen molar-refractivity contribution in [3.63, 3.8) is 0 Å². The summed E-state index contributed by atoms with van der Waals surface area (Å²) in [5, 5.41) is -3.39. The molecule has 246 valence electrons. The average molecular weight is 670 g/mol. The van der Waals surface area contributed by atoms with Crippen LogP contribution in [0.2, 0.25) is 0 Å². The Morgan fingerprint density at radius 1 is 1.15 bits per heavy atom. The van der Waals surface area contributed by atoms with Crippen LogP contribution in [0, 0.1) is 0 Å². The molecule has 1 fully saturated rings. The van der Waals surface area contributed by atoms with Gasteiger partial charge in [-0.05, 0) is 49.1 Å². The van der Waals surface area contributed by atoms with Crippen molar-refractivity contribution >= 4 is 33.2 Å². The Bertz CT molecular complexity index is 1840. The number of para-hydroxylation sites is 1. The number of carbonyl (C=O) groups excluding carboxylic acids is 1. The van der Waals surface area contributed by atoms with E-state index in [-0.39, 0.29) is 29.4 Å². The zero-order valence-electron chi connectivity index (χ0n) is 24.3. The maximum Gasteiger partial charge on any atom is 0.420 e. The van der Waals surface area contributed by atoms with E-state index in [2.05, 4.69) is 16.5 Å². The largest absolute Gasteiger partial charge is 0.464 e. The Hall–Kier alpha value is -4.27. The molecule has 0 radical (unpaired) electrons. The van der Waals surface area contributed by atoms with Gasteiger partial charge in [0.2, 0.25) is 10.0 Å². The number of nitrogens with one attached hydrogen (secondary N) is 2. The summed E-state index contributed by atoms with van der Waals surface area (Å²) < 4.78 is 122. The van der Waals surface area contributed by atoms with Crippen molar-refractivity contribution in [2.45, 2.75) is 68.1 Å². The van der Waals surface area contributed by atoms with Gasteiger partial charge in [-0.15, -0.1) is 6.58 Å². The minimum atomic E-state index is -5.23. The van der Waals surface area contributed by atoms with Crippen LogP contribution in [0.4, 0.5) is 32.0 Å². The molecule has 0 aliphatic heterocycles. The van der Waals surface area contributed by atoms with Gasteiger partial charge in [-0.3, -0.25) is 9.52 Å². The standard InChI is InChI=1S/C31H29F6N3O5S/c1-3-19(28-27(18-10-11-18)38-15-39-28)24(44-16-41)14-17-9-12-23-21(13-17)26(31(35,36)37)29(45-23)20-7-5-6-8-22(20)40-46(42,43)25(4-2)30(32,33)34/h4-9,12-13,15-16,18-19,24-25,40H,2-3,10-11,14H2,1H3,(H,38,39). The van der Waals surface area contributed by atoms with Crippen LogP contribution in [0.3, 0.4) is 0 Å². The van der Waals surface area contributed by atoms with Crippen LogP contribution < -0.4 is 4.72 Å². The highest BCUT2D eigenvalue weighted by Gasteiger charge is 2.47. The molecule has 0 bridgehead atoms. The zero-order valence-corrected chi connectivity index (χ0v) is 25.1. The van der Waals surface area contributed by atoms with Crippen molar-refractivity contribution < 1.29 is 48.7 Å². The predicted molar refractivity (Wildman–Crippen MR) is 157 cm³/mol. The summed E-state index contributed by atoms with van der Waals surface area (Å²) in [6.45, 7) is 5.12. The molecular weight excluding hydrogens is 640 g/mol. The first-order valence-corrected chi connectivity index (χ1v) is 15.8. The number of furan rings is 1. The number of halogens is 6. The fraction of sp³-hybridized carbons (Fsp3) is 0.355. The molecule has 3 unspecified atom stereocenters. The van der Waals surface area contributed by atoms with Crippen molar-refractivity contribution in [1.82, 2.24) is 9.97 Å². The van der Waals surface area contributed by atoms with Crippen LogP contribution in [-0.4, -0.2) is 42.4 Å². The van der Waals surface area contributed by atoms with Crippen LogP contribution in [0.25, 0.3) is 22.3 Å². The molecule has 2 heterocycles. The number of anilines is 1. The highest BCUT2D eigenvalue weighted by molar-refractivity contribution is 7.93. The molecular formula is C31H29F6N3O5S. The summed E-state index contributed by atoms with van der Waals surface area (Å²) in [6, 6.07) is 8.73. The first kappa shape index (κ1) is 33.1. The molecule has 1 aliphatic rings. The SMILES string of the molecule is C=CC(C(F)(F)F)S(=O)(=O)Nc1ccccc1-c1oc2ccc(CC(OC=O)C(CC)c3nc[nH]c3C3CC3)cc2c1C(F)(F)F. The molecule has 1 aliphatic carbocycles. The number of sulfonamides is 1. The predicted octanol–water partition coefficient (Wildman–Crippen LogP) is 7.86. The third-order valence-electron chi connectivity index (χ3n) is 7.92. The number of imidazole rings is 1. The van der Waals surface area contributed by atoms with Gasteiger partial charge < -0.3 is 14.1 Å². The van der Waals surface area contributed by atoms with E-state index < -0.39 is 56.3 Å². The summed E-state index contributed by atoms with van der Waals surface area (Å²) in [4.78, 5) is 19.1. The smallest absolute Gasteiger partial charge is 0.420 e. The molecule has 4 aromatic rings. The molecule has 2 aromatic carbocycles. The van der Waals surface area contributed by atoms with E-state index in [0.29, 0.717) is 24.4 Å². The highest BCUT2D eigenvalue weighted by Crippen LogP contribution is 2.47. The first-order chi connectivity index (χ1) is 21.7. The summed E-state index contributed by atoms with van der Waals surface area (Å²) in [5.41, 5.74) is -0.374. The second-order valence-corrected chi connectivity index (χ2v) is 12.8. The van der Waals surface area contributed by atoms with Gasteiger partial charge in [0.15, 0.2) is 5.25 Å². The normalized spacial score (nSPS) is 16.2.